The Morgan fingerprint density at radius 1 is 1.16 bits per heavy atom. The van der Waals surface area contributed by atoms with Crippen LogP contribution in [0.5, 0.6) is 0 Å². The first-order chi connectivity index (χ1) is 9.14. The van der Waals surface area contributed by atoms with E-state index in [0.29, 0.717) is 32.3 Å². The van der Waals surface area contributed by atoms with Gasteiger partial charge in [0.25, 0.3) is 0 Å². The van der Waals surface area contributed by atoms with Gasteiger partial charge in [0.2, 0.25) is 0 Å². The molecule has 8 nitrogen and oxygen atoms in total. The summed E-state index contributed by atoms with van der Waals surface area (Å²) in [5.41, 5.74) is 8.04. The lowest BCUT2D eigenvalue weighted by Gasteiger charge is -2.28. The lowest BCUT2D eigenvalue weighted by Crippen LogP contribution is -2.46. The Morgan fingerprint density at radius 2 is 1.68 bits per heavy atom. The number of amides is 1. The van der Waals surface area contributed by atoms with Crippen LogP contribution in [0.2, 0.25) is 6.04 Å². The van der Waals surface area contributed by atoms with Crippen molar-refractivity contribution in [2.45, 2.75) is 33.2 Å². The molecule has 0 aromatic carbocycles. The summed E-state index contributed by atoms with van der Waals surface area (Å²) < 4.78 is 21.6. The van der Waals surface area contributed by atoms with E-state index >= 15 is 0 Å². The fourth-order valence-electron chi connectivity index (χ4n) is 1.51. The van der Waals surface area contributed by atoms with Gasteiger partial charge < -0.3 is 18.0 Å². The van der Waals surface area contributed by atoms with Crippen LogP contribution in [-0.2, 0) is 18.0 Å². The van der Waals surface area contributed by atoms with E-state index in [2.05, 4.69) is 10.0 Å². The Balaban J connectivity index is 4.23. The van der Waals surface area contributed by atoms with Gasteiger partial charge in [-0.3, -0.25) is 0 Å². The van der Waals surface area contributed by atoms with Crippen LogP contribution in [0.1, 0.15) is 27.2 Å². The summed E-state index contributed by atoms with van der Waals surface area (Å²) in [4.78, 5) is 13.2. The second-order valence-corrected chi connectivity index (χ2v) is 6.12. The van der Waals surface area contributed by atoms with Crippen LogP contribution in [0.15, 0.2) is 5.11 Å². The molecule has 0 radical (unpaired) electrons. The van der Waals surface area contributed by atoms with Crippen molar-refractivity contribution in [1.29, 1.82) is 0 Å². The largest absolute Gasteiger partial charge is 0.501 e. The first-order valence-electron chi connectivity index (χ1n) is 6.27. The van der Waals surface area contributed by atoms with Gasteiger partial charge in [0.15, 0.2) is 0 Å². The van der Waals surface area contributed by atoms with Crippen molar-refractivity contribution in [3.63, 3.8) is 0 Å². The van der Waals surface area contributed by atoms with E-state index in [0.717, 1.165) is 0 Å². The summed E-state index contributed by atoms with van der Waals surface area (Å²) in [5.74, 6) is 0. The average molecular weight is 291 g/mol. The van der Waals surface area contributed by atoms with Gasteiger partial charge in [0, 0.05) is 35.9 Å². The predicted octanol–water partition coefficient (Wildman–Crippen LogP) is 2.87. The lowest BCUT2D eigenvalue weighted by molar-refractivity contribution is 0.0685. The van der Waals surface area contributed by atoms with E-state index in [-0.39, 0.29) is 6.61 Å². The molecule has 0 atom stereocenters. The molecule has 0 aliphatic carbocycles. The van der Waals surface area contributed by atoms with Crippen LogP contribution in [0.4, 0.5) is 4.79 Å². The fraction of sp³-hybridized carbons (Fsp3) is 0.900. The maximum Gasteiger partial charge on any atom is 0.501 e. The summed E-state index contributed by atoms with van der Waals surface area (Å²) in [7, 11) is -2.68. The molecule has 0 saturated carbocycles. The number of carbonyl (C=O) groups is 1. The van der Waals surface area contributed by atoms with Crippen LogP contribution >= 0.6 is 0 Å². The molecule has 9 heteroatoms. The Kier molecular flexibility index (Phi) is 10.1. The van der Waals surface area contributed by atoms with Crippen LogP contribution in [0.25, 0.3) is 10.4 Å². The molecule has 0 aliphatic rings. The van der Waals surface area contributed by atoms with Gasteiger partial charge in [0.1, 0.15) is 0 Å². The molecular formula is C10H21N3O5Si. The van der Waals surface area contributed by atoms with Gasteiger partial charge in [-0.1, -0.05) is 0 Å². The molecule has 1 amide bonds. The van der Waals surface area contributed by atoms with Gasteiger partial charge in [-0.15, -0.1) is 0 Å². The third kappa shape index (κ3) is 7.80. The SMILES string of the molecule is CCO[Si](CCCOC(=O)N=[N+]=[N-])(OCC)OCC. The monoisotopic (exact) mass is 291 g/mol. The van der Waals surface area contributed by atoms with Crippen LogP contribution < -0.4 is 0 Å². The minimum atomic E-state index is -2.68. The highest BCUT2D eigenvalue weighted by atomic mass is 28.4. The fourth-order valence-corrected chi connectivity index (χ4v) is 4.09. The molecule has 0 saturated heterocycles. The Labute approximate surface area is 114 Å². The maximum atomic E-state index is 10.8. The lowest BCUT2D eigenvalue weighted by atomic mass is 10.5. The third-order valence-corrected chi connectivity index (χ3v) is 5.22. The first kappa shape index (κ1) is 17.9. The summed E-state index contributed by atoms with van der Waals surface area (Å²) in [6.45, 7) is 7.28. The van der Waals surface area contributed by atoms with Crippen molar-refractivity contribution < 1.29 is 22.8 Å². The second kappa shape index (κ2) is 10.8. The molecule has 0 spiro atoms. The normalized spacial score (nSPS) is 10.9. The van der Waals surface area contributed by atoms with Gasteiger partial charge in [0.05, 0.1) is 6.61 Å². The minimum Gasteiger partial charge on any atom is -0.461 e. The molecule has 0 aromatic heterocycles. The Hall–Kier alpha value is -1.12. The second-order valence-electron chi connectivity index (χ2n) is 3.39. The first-order valence-corrected chi connectivity index (χ1v) is 8.21. The van der Waals surface area contributed by atoms with E-state index in [1.165, 1.54) is 0 Å². The molecule has 0 heterocycles. The van der Waals surface area contributed by atoms with Crippen molar-refractivity contribution in [2.24, 2.45) is 5.11 Å². The number of ether oxygens (including phenoxy) is 1. The summed E-state index contributed by atoms with van der Waals surface area (Å²) in [6, 6.07) is 0.548. The van der Waals surface area contributed by atoms with Gasteiger partial charge in [-0.2, -0.15) is 0 Å². The molecular weight excluding hydrogens is 270 g/mol. The average Bonchev–Trinajstić information content (AvgIpc) is 2.36. The van der Waals surface area contributed by atoms with Crippen LogP contribution in [-0.4, -0.2) is 41.3 Å². The van der Waals surface area contributed by atoms with Crippen LogP contribution in [0.3, 0.4) is 0 Å². The number of carbonyl (C=O) groups excluding carboxylic acids is 1. The van der Waals surface area contributed by atoms with Crippen molar-refractivity contribution in [1.82, 2.24) is 0 Å². The molecule has 19 heavy (non-hydrogen) atoms. The molecule has 0 aromatic rings. The highest BCUT2D eigenvalue weighted by Crippen LogP contribution is 2.18. The van der Waals surface area contributed by atoms with Gasteiger partial charge >= 0.3 is 14.9 Å². The molecule has 0 bridgehead atoms. The Bertz CT molecular complexity index is 293. The van der Waals surface area contributed by atoms with E-state index < -0.39 is 14.9 Å². The smallest absolute Gasteiger partial charge is 0.461 e. The topological polar surface area (TPSA) is 103 Å². The van der Waals surface area contributed by atoms with Crippen molar-refractivity contribution in [3.05, 3.63) is 10.4 Å². The van der Waals surface area contributed by atoms with E-state index in [1.54, 1.807) is 0 Å². The number of hydrogen-bond acceptors (Lipinski definition) is 5. The van der Waals surface area contributed by atoms with Crippen molar-refractivity contribution in [2.75, 3.05) is 26.4 Å². The zero-order valence-electron chi connectivity index (χ0n) is 11.6. The van der Waals surface area contributed by atoms with E-state index in [9.17, 15) is 4.79 Å². The van der Waals surface area contributed by atoms with E-state index in [4.69, 9.17) is 23.5 Å². The zero-order chi connectivity index (χ0) is 14.6. The molecule has 110 valence electrons. The van der Waals surface area contributed by atoms with Crippen molar-refractivity contribution >= 4 is 14.9 Å². The quantitative estimate of drug-likeness (QED) is 0.202. The minimum absolute atomic E-state index is 0.139. The number of nitrogens with zero attached hydrogens (tertiary/aromatic N) is 3. The van der Waals surface area contributed by atoms with Crippen LogP contribution in [0, 0.1) is 0 Å². The summed E-state index contributed by atoms with van der Waals surface area (Å²) in [6.07, 6.45) is -0.405. The number of hydrogen-bond donors (Lipinski definition) is 0. The summed E-state index contributed by atoms with van der Waals surface area (Å²) >= 11 is 0. The molecule has 0 unspecified atom stereocenters. The summed E-state index contributed by atoms with van der Waals surface area (Å²) in [5, 5.41) is 2.80. The number of azide groups is 1. The van der Waals surface area contributed by atoms with E-state index in [1.807, 2.05) is 20.8 Å². The predicted molar refractivity (Wildman–Crippen MR) is 70.6 cm³/mol. The van der Waals surface area contributed by atoms with Gasteiger partial charge in [-0.05, 0) is 32.7 Å². The standard InChI is InChI=1S/C10H21N3O5Si/c1-4-16-19(17-5-2,18-6-3)9-7-8-15-10(14)12-13-11/h4-9H2,1-3H3. The van der Waals surface area contributed by atoms with Crippen molar-refractivity contribution in [3.8, 4) is 0 Å². The van der Waals surface area contributed by atoms with Gasteiger partial charge in [-0.25, -0.2) is 4.79 Å². The third-order valence-electron chi connectivity index (χ3n) is 2.07. The molecule has 0 fully saturated rings. The molecule has 0 rings (SSSR count). The highest BCUT2D eigenvalue weighted by molar-refractivity contribution is 6.60. The molecule has 0 aliphatic heterocycles. The molecule has 0 N–H and O–H groups in total. The highest BCUT2D eigenvalue weighted by Gasteiger charge is 2.39. The number of rotatable bonds is 10. The maximum absolute atomic E-state index is 10.8. The zero-order valence-corrected chi connectivity index (χ0v) is 12.6. The Morgan fingerprint density at radius 3 is 2.11 bits per heavy atom.